The van der Waals surface area contributed by atoms with Gasteiger partial charge in [-0.1, -0.05) is 36.8 Å². The van der Waals surface area contributed by atoms with E-state index < -0.39 is 35.9 Å². The molecule has 0 aliphatic heterocycles. The quantitative estimate of drug-likeness (QED) is 0.304. The van der Waals surface area contributed by atoms with Gasteiger partial charge < -0.3 is 26.9 Å². The van der Waals surface area contributed by atoms with Gasteiger partial charge in [0.05, 0.1) is 12.0 Å². The highest BCUT2D eigenvalue weighted by Crippen LogP contribution is 2.34. The SMILES string of the molecule is NCCC[C@H](NC(CCc1ccccc1)C(=O)O)C(=O)C1CCCC1C(=O)O.O.O.S.S.S. The van der Waals surface area contributed by atoms with Crippen LogP contribution in [-0.2, 0) is 20.8 Å². The molecule has 0 heterocycles. The van der Waals surface area contributed by atoms with Crippen LogP contribution < -0.4 is 11.1 Å². The largest absolute Gasteiger partial charge is 0.481 e. The van der Waals surface area contributed by atoms with Crippen LogP contribution in [0.1, 0.15) is 44.1 Å². The number of carboxylic acids is 2. The maximum absolute atomic E-state index is 13.0. The fraction of sp³-hybridized carbons (Fsp3) is 0.571. The van der Waals surface area contributed by atoms with Crippen molar-refractivity contribution in [2.45, 2.75) is 57.0 Å². The summed E-state index contributed by atoms with van der Waals surface area (Å²) in [4.78, 5) is 36.2. The van der Waals surface area contributed by atoms with Crippen molar-refractivity contribution in [3.8, 4) is 0 Å². The van der Waals surface area contributed by atoms with Gasteiger partial charge in [-0.25, -0.2) is 0 Å². The molecular formula is C21H40N2O7S3. The molecule has 12 heteroatoms. The van der Waals surface area contributed by atoms with Crippen LogP contribution in [0.15, 0.2) is 30.3 Å². The Hall–Kier alpha value is -1.28. The minimum absolute atomic E-state index is 0. The Labute approximate surface area is 215 Å². The first-order valence-electron chi connectivity index (χ1n) is 9.93. The van der Waals surface area contributed by atoms with E-state index in [-0.39, 0.29) is 57.2 Å². The van der Waals surface area contributed by atoms with Crippen LogP contribution >= 0.6 is 40.5 Å². The number of hydrogen-bond acceptors (Lipinski definition) is 5. The maximum Gasteiger partial charge on any atom is 0.320 e. The summed E-state index contributed by atoms with van der Waals surface area (Å²) in [6, 6.07) is 8.01. The second-order valence-corrected chi connectivity index (χ2v) is 7.45. The lowest BCUT2D eigenvalue weighted by molar-refractivity contribution is -0.146. The van der Waals surface area contributed by atoms with Crippen molar-refractivity contribution in [2.75, 3.05) is 6.54 Å². The van der Waals surface area contributed by atoms with E-state index in [4.69, 9.17) is 5.73 Å². The predicted octanol–water partition coefficient (Wildman–Crippen LogP) is 0.529. The number of rotatable bonds is 12. The average molecular weight is 529 g/mol. The molecule has 3 unspecified atom stereocenters. The highest BCUT2D eigenvalue weighted by molar-refractivity contribution is 7.59. The zero-order valence-corrected chi connectivity index (χ0v) is 21.5. The van der Waals surface area contributed by atoms with Gasteiger partial charge in [0.15, 0.2) is 5.78 Å². The first kappa shape index (κ1) is 39.0. The lowest BCUT2D eigenvalue weighted by atomic mass is 9.86. The van der Waals surface area contributed by atoms with Crippen LogP contribution in [0.4, 0.5) is 0 Å². The number of aryl methyl sites for hydroxylation is 1. The van der Waals surface area contributed by atoms with Gasteiger partial charge in [0, 0.05) is 5.92 Å². The van der Waals surface area contributed by atoms with E-state index in [1.54, 1.807) is 0 Å². The molecule has 33 heavy (non-hydrogen) atoms. The van der Waals surface area contributed by atoms with Gasteiger partial charge in [0.25, 0.3) is 0 Å². The van der Waals surface area contributed by atoms with Crippen LogP contribution in [0.5, 0.6) is 0 Å². The number of carboxylic acid groups (broad SMARTS) is 2. The van der Waals surface area contributed by atoms with E-state index in [0.717, 1.165) is 5.56 Å². The molecule has 9 N–H and O–H groups in total. The zero-order chi connectivity index (χ0) is 20.5. The lowest BCUT2D eigenvalue weighted by Crippen LogP contribution is -2.50. The lowest BCUT2D eigenvalue weighted by Gasteiger charge is -2.26. The van der Waals surface area contributed by atoms with Crippen LogP contribution in [-0.4, -0.2) is 57.5 Å². The highest BCUT2D eigenvalue weighted by atomic mass is 32.1. The molecule has 1 aliphatic carbocycles. The van der Waals surface area contributed by atoms with Crippen molar-refractivity contribution in [2.24, 2.45) is 17.6 Å². The van der Waals surface area contributed by atoms with Gasteiger partial charge in [-0.2, -0.15) is 40.5 Å². The molecule has 1 saturated carbocycles. The Morgan fingerprint density at radius 3 is 2.03 bits per heavy atom. The fourth-order valence-electron chi connectivity index (χ4n) is 3.96. The fourth-order valence-corrected chi connectivity index (χ4v) is 3.96. The van der Waals surface area contributed by atoms with E-state index >= 15 is 0 Å². The average Bonchev–Trinajstić information content (AvgIpc) is 3.17. The molecule has 4 atom stereocenters. The summed E-state index contributed by atoms with van der Waals surface area (Å²) in [7, 11) is 0. The van der Waals surface area contributed by atoms with Crippen LogP contribution in [0, 0.1) is 11.8 Å². The maximum atomic E-state index is 13.0. The van der Waals surface area contributed by atoms with Crippen molar-refractivity contribution >= 4 is 58.2 Å². The smallest absolute Gasteiger partial charge is 0.320 e. The number of hydrogen-bond donors (Lipinski definition) is 4. The summed E-state index contributed by atoms with van der Waals surface area (Å²) >= 11 is 0. The number of carbonyl (C=O) groups is 3. The summed E-state index contributed by atoms with van der Waals surface area (Å²) in [6.07, 6.45) is 3.63. The molecule has 1 aromatic carbocycles. The first-order valence-corrected chi connectivity index (χ1v) is 9.93. The topological polar surface area (TPSA) is 193 Å². The standard InChI is InChI=1S/C21H30N2O5.2H2O.3H2S/c22-13-5-10-17(19(24)15-8-4-9-16(15)20(25)26)23-18(21(27)28)12-11-14-6-2-1-3-7-14;;;;;/h1-3,6-7,15-18,23H,4-5,8-13,22H2,(H,25,26)(H,27,28);5*1H2/t15?,16?,17-,18?;;;;;/m0...../s1. The van der Waals surface area contributed by atoms with E-state index in [9.17, 15) is 24.6 Å². The van der Waals surface area contributed by atoms with Crippen molar-refractivity contribution < 1.29 is 35.5 Å². The number of ketones is 1. The van der Waals surface area contributed by atoms with E-state index in [1.807, 2.05) is 30.3 Å². The summed E-state index contributed by atoms with van der Waals surface area (Å²) in [5, 5.41) is 22.0. The monoisotopic (exact) mass is 528 g/mol. The van der Waals surface area contributed by atoms with Crippen molar-refractivity contribution in [1.29, 1.82) is 0 Å². The number of carbonyl (C=O) groups excluding carboxylic acids is 1. The zero-order valence-electron chi connectivity index (χ0n) is 18.5. The van der Waals surface area contributed by atoms with Crippen LogP contribution in [0.2, 0.25) is 0 Å². The second kappa shape index (κ2) is 20.1. The van der Waals surface area contributed by atoms with Gasteiger partial charge in [-0.15, -0.1) is 0 Å². The number of aliphatic carboxylic acids is 2. The highest BCUT2D eigenvalue weighted by Gasteiger charge is 2.40. The molecule has 1 aliphatic rings. The first-order chi connectivity index (χ1) is 13.4. The molecule has 0 spiro atoms. The summed E-state index contributed by atoms with van der Waals surface area (Å²) in [5.41, 5.74) is 6.61. The molecule has 9 nitrogen and oxygen atoms in total. The molecule has 2 rings (SSSR count). The number of Topliss-reactive ketones (excluding diaryl/α,β-unsaturated/α-hetero) is 1. The van der Waals surface area contributed by atoms with E-state index in [2.05, 4.69) is 5.32 Å². The predicted molar refractivity (Wildman–Crippen MR) is 143 cm³/mol. The van der Waals surface area contributed by atoms with Gasteiger partial charge in [0.2, 0.25) is 0 Å². The molecule has 0 bridgehead atoms. The minimum Gasteiger partial charge on any atom is -0.481 e. The molecule has 194 valence electrons. The van der Waals surface area contributed by atoms with Crippen molar-refractivity contribution in [3.05, 3.63) is 35.9 Å². The third kappa shape index (κ3) is 12.1. The molecular weight excluding hydrogens is 488 g/mol. The molecule has 0 radical (unpaired) electrons. The normalized spacial score (nSPS) is 18.0. The Kier molecular flexibility index (Phi) is 23.8. The third-order valence-electron chi connectivity index (χ3n) is 5.50. The second-order valence-electron chi connectivity index (χ2n) is 7.45. The van der Waals surface area contributed by atoms with Gasteiger partial charge in [-0.05, 0) is 50.6 Å². The van der Waals surface area contributed by atoms with Gasteiger partial charge >= 0.3 is 11.9 Å². The van der Waals surface area contributed by atoms with E-state index in [1.165, 1.54) is 0 Å². The number of nitrogens with one attached hydrogen (secondary N) is 1. The molecule has 0 aromatic heterocycles. The summed E-state index contributed by atoms with van der Waals surface area (Å²) < 4.78 is 0. The van der Waals surface area contributed by atoms with Gasteiger partial charge in [-0.3, -0.25) is 19.7 Å². The summed E-state index contributed by atoms with van der Waals surface area (Å²) in [5.74, 6) is -3.39. The molecule has 0 saturated heterocycles. The van der Waals surface area contributed by atoms with Crippen molar-refractivity contribution in [3.63, 3.8) is 0 Å². The third-order valence-corrected chi connectivity index (χ3v) is 5.50. The number of nitrogens with two attached hydrogens (primary N) is 1. The Morgan fingerprint density at radius 1 is 0.939 bits per heavy atom. The molecule has 1 aromatic rings. The molecule has 0 amide bonds. The number of benzene rings is 1. The van der Waals surface area contributed by atoms with Crippen LogP contribution in [0.3, 0.4) is 0 Å². The summed E-state index contributed by atoms with van der Waals surface area (Å²) in [6.45, 7) is 0.389. The van der Waals surface area contributed by atoms with Gasteiger partial charge in [0.1, 0.15) is 6.04 Å². The van der Waals surface area contributed by atoms with Crippen LogP contribution in [0.25, 0.3) is 0 Å². The van der Waals surface area contributed by atoms with Crippen molar-refractivity contribution in [1.82, 2.24) is 5.32 Å². The Morgan fingerprint density at radius 2 is 1.52 bits per heavy atom. The van der Waals surface area contributed by atoms with E-state index in [0.29, 0.717) is 51.5 Å². The Bertz CT molecular complexity index is 683. The minimum atomic E-state index is -1.01. The molecule has 1 fully saturated rings. The Balaban J connectivity index is -0.000000841.